The molecule has 0 radical (unpaired) electrons. The molecule has 1 heterocycles. The maximum Gasteiger partial charge on any atom is 0.161 e. The highest BCUT2D eigenvalue weighted by Crippen LogP contribution is 2.34. The molecule has 0 aliphatic carbocycles. The first-order chi connectivity index (χ1) is 13.7. The van der Waals surface area contributed by atoms with E-state index in [1.165, 1.54) is 12.1 Å². The molecule has 1 aromatic heterocycles. The third kappa shape index (κ3) is 2.81. The summed E-state index contributed by atoms with van der Waals surface area (Å²) in [5, 5.41) is 3.50. The summed E-state index contributed by atoms with van der Waals surface area (Å²) >= 11 is 6.37. The number of hydrogen-bond acceptors (Lipinski definition) is 2. The first-order valence-electron chi connectivity index (χ1n) is 8.91. The molecule has 0 saturated heterocycles. The molecule has 4 aromatic carbocycles. The topological polar surface area (TPSA) is 25.8 Å². The van der Waals surface area contributed by atoms with Crippen molar-refractivity contribution in [1.82, 2.24) is 9.97 Å². The summed E-state index contributed by atoms with van der Waals surface area (Å²) in [5.41, 5.74) is 3.13. The fourth-order valence-electron chi connectivity index (χ4n) is 3.51. The molecule has 0 atom stereocenters. The molecule has 2 nitrogen and oxygen atoms in total. The summed E-state index contributed by atoms with van der Waals surface area (Å²) in [6.45, 7) is 0. The number of aromatic nitrogens is 2. The average Bonchev–Trinajstić information content (AvgIpc) is 2.73. The summed E-state index contributed by atoms with van der Waals surface area (Å²) in [6, 6.07) is 26.0. The van der Waals surface area contributed by atoms with E-state index in [-0.39, 0.29) is 5.82 Å². The van der Waals surface area contributed by atoms with Crippen molar-refractivity contribution in [2.75, 3.05) is 0 Å². The van der Waals surface area contributed by atoms with Crippen LogP contribution in [0.25, 0.3) is 44.3 Å². The van der Waals surface area contributed by atoms with E-state index in [9.17, 15) is 4.39 Å². The second kappa shape index (κ2) is 6.70. The van der Waals surface area contributed by atoms with Crippen LogP contribution in [0.15, 0.2) is 84.9 Å². The zero-order valence-corrected chi connectivity index (χ0v) is 15.5. The van der Waals surface area contributed by atoms with Crippen molar-refractivity contribution in [1.29, 1.82) is 0 Å². The van der Waals surface area contributed by atoms with Crippen molar-refractivity contribution in [3.63, 3.8) is 0 Å². The van der Waals surface area contributed by atoms with Gasteiger partial charge in [0.1, 0.15) is 5.82 Å². The predicted octanol–water partition coefficient (Wildman–Crippen LogP) is 6.91. The molecular weight excluding hydrogens is 371 g/mol. The first-order valence-corrected chi connectivity index (χ1v) is 9.29. The Bertz CT molecular complexity index is 1350. The van der Waals surface area contributed by atoms with E-state index in [0.717, 1.165) is 32.8 Å². The molecule has 0 aliphatic heterocycles. The average molecular weight is 385 g/mol. The fraction of sp³-hybridized carbons (Fsp3) is 0. The van der Waals surface area contributed by atoms with Gasteiger partial charge in [0.2, 0.25) is 0 Å². The van der Waals surface area contributed by atoms with Crippen LogP contribution >= 0.6 is 11.6 Å². The lowest BCUT2D eigenvalue weighted by Gasteiger charge is -2.11. The standard InChI is InChI=1S/C24H14ClFN2/c25-21-13-12-19(17-8-1-2-9-18(17)21)24-27-22-11-4-3-10-20(22)23(28-24)15-6-5-7-16(26)14-15/h1-14H. The summed E-state index contributed by atoms with van der Waals surface area (Å²) in [6.07, 6.45) is 0. The van der Waals surface area contributed by atoms with Gasteiger partial charge < -0.3 is 0 Å². The first kappa shape index (κ1) is 16.8. The molecule has 28 heavy (non-hydrogen) atoms. The van der Waals surface area contributed by atoms with E-state index in [1.807, 2.05) is 66.7 Å². The molecule has 4 heteroatoms. The Morgan fingerprint density at radius 1 is 0.679 bits per heavy atom. The van der Waals surface area contributed by atoms with Crippen LogP contribution < -0.4 is 0 Å². The number of halogens is 2. The normalized spacial score (nSPS) is 11.2. The van der Waals surface area contributed by atoms with E-state index < -0.39 is 0 Å². The number of nitrogens with zero attached hydrogens (tertiary/aromatic N) is 2. The monoisotopic (exact) mass is 384 g/mol. The van der Waals surface area contributed by atoms with Gasteiger partial charge >= 0.3 is 0 Å². The van der Waals surface area contributed by atoms with Crippen molar-refractivity contribution < 1.29 is 4.39 Å². The number of rotatable bonds is 2. The molecule has 0 spiro atoms. The Balaban J connectivity index is 1.84. The highest BCUT2D eigenvalue weighted by atomic mass is 35.5. The molecule has 5 aromatic rings. The minimum Gasteiger partial charge on any atom is -0.228 e. The van der Waals surface area contributed by atoms with Crippen LogP contribution in [0.4, 0.5) is 4.39 Å². The van der Waals surface area contributed by atoms with Gasteiger partial charge in [0.15, 0.2) is 5.82 Å². The predicted molar refractivity (Wildman–Crippen MR) is 113 cm³/mol. The lowest BCUT2D eigenvalue weighted by Crippen LogP contribution is -1.96. The van der Waals surface area contributed by atoms with Gasteiger partial charge in [-0.3, -0.25) is 0 Å². The van der Waals surface area contributed by atoms with Crippen LogP contribution in [-0.4, -0.2) is 9.97 Å². The largest absolute Gasteiger partial charge is 0.228 e. The molecule has 0 bridgehead atoms. The second-order valence-corrected chi connectivity index (χ2v) is 6.97. The molecule has 5 rings (SSSR count). The Morgan fingerprint density at radius 2 is 1.43 bits per heavy atom. The second-order valence-electron chi connectivity index (χ2n) is 6.56. The number of benzene rings is 4. The Morgan fingerprint density at radius 3 is 2.25 bits per heavy atom. The quantitative estimate of drug-likeness (QED) is 0.330. The van der Waals surface area contributed by atoms with E-state index >= 15 is 0 Å². The maximum absolute atomic E-state index is 13.9. The zero-order valence-electron chi connectivity index (χ0n) is 14.7. The van der Waals surface area contributed by atoms with E-state index in [2.05, 4.69) is 0 Å². The van der Waals surface area contributed by atoms with Crippen molar-refractivity contribution in [3.8, 4) is 22.6 Å². The van der Waals surface area contributed by atoms with Gasteiger partial charge in [-0.15, -0.1) is 0 Å². The number of hydrogen-bond donors (Lipinski definition) is 0. The van der Waals surface area contributed by atoms with Crippen molar-refractivity contribution in [2.45, 2.75) is 0 Å². The van der Waals surface area contributed by atoms with Gasteiger partial charge in [-0.05, 0) is 35.7 Å². The SMILES string of the molecule is Fc1cccc(-c2nc(-c3ccc(Cl)c4ccccc34)nc3ccccc23)c1. The van der Waals surface area contributed by atoms with Gasteiger partial charge in [0.05, 0.1) is 11.2 Å². The minimum atomic E-state index is -0.293. The summed E-state index contributed by atoms with van der Waals surface area (Å²) in [4.78, 5) is 9.63. The van der Waals surface area contributed by atoms with Crippen molar-refractivity contribution in [3.05, 3.63) is 95.8 Å². The Labute approximate surface area is 166 Å². The van der Waals surface area contributed by atoms with Crippen LogP contribution in [0.5, 0.6) is 0 Å². The molecule has 0 aliphatic rings. The maximum atomic E-state index is 13.9. The molecule has 0 amide bonds. The van der Waals surface area contributed by atoms with E-state index in [1.54, 1.807) is 6.07 Å². The lowest BCUT2D eigenvalue weighted by molar-refractivity contribution is 0.628. The third-order valence-corrected chi connectivity index (χ3v) is 5.14. The summed E-state index contributed by atoms with van der Waals surface area (Å²) in [7, 11) is 0. The fourth-order valence-corrected chi connectivity index (χ4v) is 3.74. The smallest absolute Gasteiger partial charge is 0.161 e. The Kier molecular flexibility index (Phi) is 4.03. The molecule has 0 unspecified atom stereocenters. The minimum absolute atomic E-state index is 0.293. The molecule has 0 saturated carbocycles. The van der Waals surface area contributed by atoms with Gasteiger partial charge in [0, 0.05) is 26.9 Å². The van der Waals surface area contributed by atoms with Gasteiger partial charge in [-0.25, -0.2) is 14.4 Å². The molecule has 134 valence electrons. The summed E-state index contributed by atoms with van der Waals surface area (Å²) in [5.74, 6) is 0.296. The molecular formula is C24H14ClFN2. The molecule has 0 N–H and O–H groups in total. The number of para-hydroxylation sites is 1. The van der Waals surface area contributed by atoms with Crippen LogP contribution in [0.3, 0.4) is 0 Å². The van der Waals surface area contributed by atoms with E-state index in [4.69, 9.17) is 21.6 Å². The Hall–Kier alpha value is -3.30. The van der Waals surface area contributed by atoms with Crippen molar-refractivity contribution >= 4 is 33.3 Å². The van der Waals surface area contributed by atoms with Crippen LogP contribution in [0, 0.1) is 5.82 Å². The van der Waals surface area contributed by atoms with Crippen molar-refractivity contribution in [2.24, 2.45) is 0 Å². The zero-order chi connectivity index (χ0) is 19.1. The highest BCUT2D eigenvalue weighted by Gasteiger charge is 2.14. The van der Waals surface area contributed by atoms with Gasteiger partial charge in [-0.1, -0.05) is 66.2 Å². The third-order valence-electron chi connectivity index (χ3n) is 4.81. The van der Waals surface area contributed by atoms with Crippen LogP contribution in [0.2, 0.25) is 5.02 Å². The van der Waals surface area contributed by atoms with E-state index in [0.29, 0.717) is 16.5 Å². The molecule has 0 fully saturated rings. The van der Waals surface area contributed by atoms with Gasteiger partial charge in [0.25, 0.3) is 0 Å². The summed E-state index contributed by atoms with van der Waals surface area (Å²) < 4.78 is 13.9. The van der Waals surface area contributed by atoms with Crippen LogP contribution in [0.1, 0.15) is 0 Å². The van der Waals surface area contributed by atoms with Gasteiger partial charge in [-0.2, -0.15) is 0 Å². The van der Waals surface area contributed by atoms with Crippen LogP contribution in [-0.2, 0) is 0 Å². The highest BCUT2D eigenvalue weighted by molar-refractivity contribution is 6.36. The lowest BCUT2D eigenvalue weighted by atomic mass is 10.0. The number of fused-ring (bicyclic) bond motifs is 2.